The Labute approximate surface area is 229 Å². The predicted molar refractivity (Wildman–Crippen MR) is 146 cm³/mol. The number of carbonyl (C=O) groups is 3. The van der Waals surface area contributed by atoms with Crippen molar-refractivity contribution in [2.75, 3.05) is 58.7 Å². The summed E-state index contributed by atoms with van der Waals surface area (Å²) in [6.07, 6.45) is 5.13. The molecule has 1 aromatic carbocycles. The Morgan fingerprint density at radius 1 is 1.16 bits per heavy atom. The van der Waals surface area contributed by atoms with Crippen molar-refractivity contribution in [3.05, 3.63) is 28.2 Å². The Morgan fingerprint density at radius 3 is 2.46 bits per heavy atom. The van der Waals surface area contributed by atoms with Gasteiger partial charge in [0.1, 0.15) is 0 Å². The SMILES string of the molecule is CN(C)C=O.C[C@@H]1CN(CCCN2CCC3(CC3)[C@H](O)C2)C(=O)CCN1C(=O)Nc1ccc(Cl)c(Cl)c1. The van der Waals surface area contributed by atoms with Crippen molar-refractivity contribution >= 4 is 47.2 Å². The highest BCUT2D eigenvalue weighted by Crippen LogP contribution is 2.53. The second kappa shape index (κ2) is 13.1. The van der Waals surface area contributed by atoms with Crippen LogP contribution in [0.2, 0.25) is 10.0 Å². The first-order valence-corrected chi connectivity index (χ1v) is 13.6. The summed E-state index contributed by atoms with van der Waals surface area (Å²) in [5.74, 6) is 0.0808. The monoisotopic (exact) mass is 555 g/mol. The van der Waals surface area contributed by atoms with Crippen LogP contribution < -0.4 is 5.32 Å². The molecule has 37 heavy (non-hydrogen) atoms. The molecule has 1 saturated carbocycles. The van der Waals surface area contributed by atoms with Gasteiger partial charge in [-0.25, -0.2) is 4.79 Å². The molecular formula is C26H39Cl2N5O4. The van der Waals surface area contributed by atoms with Crippen molar-refractivity contribution in [3.63, 3.8) is 0 Å². The third-order valence-corrected chi connectivity index (χ3v) is 8.18. The quantitative estimate of drug-likeness (QED) is 0.524. The minimum absolute atomic E-state index is 0.0808. The lowest BCUT2D eigenvalue weighted by atomic mass is 9.90. The lowest BCUT2D eigenvalue weighted by Crippen LogP contribution is -2.46. The zero-order chi connectivity index (χ0) is 27.2. The lowest BCUT2D eigenvalue weighted by molar-refractivity contribution is -0.130. The maximum absolute atomic E-state index is 12.8. The van der Waals surface area contributed by atoms with Crippen molar-refractivity contribution in [2.24, 2.45) is 5.41 Å². The summed E-state index contributed by atoms with van der Waals surface area (Å²) >= 11 is 12.0. The van der Waals surface area contributed by atoms with E-state index in [1.165, 1.54) is 4.90 Å². The molecule has 4 amide bonds. The van der Waals surface area contributed by atoms with Gasteiger partial charge in [-0.3, -0.25) is 9.59 Å². The van der Waals surface area contributed by atoms with Crippen molar-refractivity contribution in [2.45, 2.75) is 51.2 Å². The van der Waals surface area contributed by atoms with Gasteiger partial charge >= 0.3 is 6.03 Å². The molecule has 2 N–H and O–H groups in total. The number of urea groups is 1. The van der Waals surface area contributed by atoms with E-state index in [0.717, 1.165) is 51.7 Å². The summed E-state index contributed by atoms with van der Waals surface area (Å²) in [6, 6.07) is 4.61. The molecule has 2 atom stereocenters. The molecule has 1 aliphatic carbocycles. The van der Waals surface area contributed by atoms with Gasteiger partial charge in [-0.1, -0.05) is 23.2 Å². The Morgan fingerprint density at radius 2 is 1.86 bits per heavy atom. The number of piperidine rings is 1. The fourth-order valence-electron chi connectivity index (χ4n) is 4.91. The van der Waals surface area contributed by atoms with Gasteiger partial charge in [-0.15, -0.1) is 0 Å². The second-order valence-electron chi connectivity index (χ2n) is 10.5. The van der Waals surface area contributed by atoms with Gasteiger partial charge in [-0.05, 0) is 69.3 Å². The van der Waals surface area contributed by atoms with E-state index in [-0.39, 0.29) is 29.5 Å². The molecule has 11 heteroatoms. The number of likely N-dealkylation sites (tertiary alicyclic amines) is 1. The van der Waals surface area contributed by atoms with Gasteiger partial charge in [0.2, 0.25) is 12.3 Å². The van der Waals surface area contributed by atoms with E-state index >= 15 is 0 Å². The minimum atomic E-state index is -0.248. The highest BCUT2D eigenvalue weighted by Gasteiger charge is 2.51. The number of anilines is 1. The van der Waals surface area contributed by atoms with E-state index in [9.17, 15) is 19.5 Å². The first-order valence-electron chi connectivity index (χ1n) is 12.9. The van der Waals surface area contributed by atoms with E-state index in [1.807, 2.05) is 11.8 Å². The number of rotatable bonds is 6. The molecule has 3 aliphatic rings. The van der Waals surface area contributed by atoms with Gasteiger partial charge < -0.3 is 30.0 Å². The zero-order valence-corrected chi connectivity index (χ0v) is 23.5. The molecule has 0 aromatic heterocycles. The van der Waals surface area contributed by atoms with Crippen molar-refractivity contribution < 1.29 is 19.5 Å². The summed E-state index contributed by atoms with van der Waals surface area (Å²) in [5.41, 5.74) is 0.786. The molecule has 0 radical (unpaired) electrons. The summed E-state index contributed by atoms with van der Waals surface area (Å²) in [6.45, 7) is 6.19. The number of carbonyl (C=O) groups excluding carboxylic acids is 3. The third-order valence-electron chi connectivity index (χ3n) is 7.44. The molecule has 2 aliphatic heterocycles. The van der Waals surface area contributed by atoms with Crippen LogP contribution >= 0.6 is 23.2 Å². The second-order valence-corrected chi connectivity index (χ2v) is 11.4. The van der Waals surface area contributed by atoms with Gasteiger partial charge in [-0.2, -0.15) is 0 Å². The molecule has 3 fully saturated rings. The van der Waals surface area contributed by atoms with Crippen LogP contribution in [0.1, 0.15) is 39.0 Å². The van der Waals surface area contributed by atoms with Crippen LogP contribution in [0.3, 0.4) is 0 Å². The highest BCUT2D eigenvalue weighted by molar-refractivity contribution is 6.42. The molecule has 1 spiro atoms. The Bertz CT molecular complexity index is 959. The smallest absolute Gasteiger partial charge is 0.322 e. The maximum Gasteiger partial charge on any atom is 0.322 e. The van der Waals surface area contributed by atoms with Gasteiger partial charge in [0.15, 0.2) is 0 Å². The predicted octanol–water partition coefficient (Wildman–Crippen LogP) is 3.39. The number of nitrogens with zero attached hydrogens (tertiary/aromatic N) is 4. The van der Waals surface area contributed by atoms with E-state index in [1.54, 1.807) is 37.2 Å². The number of hydrogen-bond acceptors (Lipinski definition) is 5. The number of aliphatic hydroxyl groups excluding tert-OH is 1. The molecule has 206 valence electrons. The zero-order valence-electron chi connectivity index (χ0n) is 22.0. The van der Waals surface area contributed by atoms with Crippen LogP contribution in [-0.4, -0.2) is 109 Å². The van der Waals surface area contributed by atoms with E-state index in [4.69, 9.17) is 23.2 Å². The molecule has 2 saturated heterocycles. The number of aliphatic hydroxyl groups is 1. The Hall–Kier alpha value is -2.07. The first-order chi connectivity index (χ1) is 17.5. The van der Waals surface area contributed by atoms with Crippen LogP contribution in [0.4, 0.5) is 10.5 Å². The lowest BCUT2D eigenvalue weighted by Gasteiger charge is -2.36. The third kappa shape index (κ3) is 8.21. The topological polar surface area (TPSA) is 96.4 Å². The average molecular weight is 557 g/mol. The average Bonchev–Trinajstić information content (AvgIpc) is 3.65. The molecular weight excluding hydrogens is 517 g/mol. The summed E-state index contributed by atoms with van der Waals surface area (Å²) < 4.78 is 0. The van der Waals surface area contributed by atoms with Crippen molar-refractivity contribution in [3.8, 4) is 0 Å². The molecule has 1 aromatic rings. The molecule has 0 bridgehead atoms. The van der Waals surface area contributed by atoms with E-state index in [2.05, 4.69) is 10.2 Å². The van der Waals surface area contributed by atoms with Gasteiger partial charge in [0.05, 0.1) is 16.1 Å². The van der Waals surface area contributed by atoms with E-state index < -0.39 is 0 Å². The highest BCUT2D eigenvalue weighted by atomic mass is 35.5. The van der Waals surface area contributed by atoms with E-state index in [0.29, 0.717) is 41.8 Å². The molecule has 9 nitrogen and oxygen atoms in total. The first kappa shape index (κ1) is 29.5. The fraction of sp³-hybridized carbons (Fsp3) is 0.654. The summed E-state index contributed by atoms with van der Waals surface area (Å²) in [5, 5.41) is 14.0. The summed E-state index contributed by atoms with van der Waals surface area (Å²) in [4.78, 5) is 42.3. The minimum Gasteiger partial charge on any atom is -0.391 e. The van der Waals surface area contributed by atoms with Crippen LogP contribution in [0, 0.1) is 5.41 Å². The number of β-amino-alcohol motifs (C(OH)–C–C–N with tert-alkyl or cyclic N) is 1. The molecule has 2 heterocycles. The van der Waals surface area contributed by atoms with Crippen LogP contribution in [0.15, 0.2) is 18.2 Å². The van der Waals surface area contributed by atoms with Gasteiger partial charge in [0.25, 0.3) is 0 Å². The Kier molecular flexibility index (Phi) is 10.5. The van der Waals surface area contributed by atoms with Crippen LogP contribution in [0.5, 0.6) is 0 Å². The largest absolute Gasteiger partial charge is 0.391 e. The normalized spacial score (nSPS) is 23.1. The number of hydrogen-bond donors (Lipinski definition) is 2. The Balaban J connectivity index is 0.000000695. The number of halogens is 2. The summed E-state index contributed by atoms with van der Waals surface area (Å²) in [7, 11) is 3.38. The number of benzene rings is 1. The molecule has 0 unspecified atom stereocenters. The van der Waals surface area contributed by atoms with Crippen molar-refractivity contribution in [1.82, 2.24) is 19.6 Å². The number of nitrogens with one attached hydrogen (secondary N) is 1. The maximum atomic E-state index is 12.8. The standard InChI is InChI=1S/C23H32Cl2N4O3.C3H7NO/c1-16-14-28(10-2-9-27-12-8-23(6-7-23)20(30)15-27)21(31)5-11-29(16)22(32)26-17-3-4-18(24)19(25)13-17;1-4(2)3-5/h3-4,13,16,20,30H,2,5-12,14-15H2,1H3,(H,26,32);3H,1-2H3/t16-,20-;/m1./s1. The van der Waals surface area contributed by atoms with Crippen molar-refractivity contribution in [1.29, 1.82) is 0 Å². The fourth-order valence-corrected chi connectivity index (χ4v) is 5.21. The molecule has 4 rings (SSSR count). The van der Waals surface area contributed by atoms with Crippen LogP contribution in [0.25, 0.3) is 0 Å². The van der Waals surface area contributed by atoms with Crippen LogP contribution in [-0.2, 0) is 9.59 Å². The number of amides is 4. The van der Waals surface area contributed by atoms with Gasteiger partial charge in [0, 0.05) is 58.4 Å².